The van der Waals surface area contributed by atoms with Crippen molar-refractivity contribution in [3.8, 4) is 0 Å². The quantitative estimate of drug-likeness (QED) is 0.520. The maximum atomic E-state index is 12.6. The molecule has 1 amide bonds. The van der Waals surface area contributed by atoms with Gasteiger partial charge in [0.25, 0.3) is 15.9 Å². The molecule has 7 heteroatoms. The lowest BCUT2D eigenvalue weighted by Crippen LogP contribution is -2.41. The topological polar surface area (TPSA) is 78.5 Å². The molecule has 32 heavy (non-hydrogen) atoms. The first kappa shape index (κ1) is 23.5. The molecule has 6 nitrogen and oxygen atoms in total. The van der Waals surface area contributed by atoms with Crippen LogP contribution in [0.5, 0.6) is 0 Å². The molecule has 2 N–H and O–H groups in total. The first-order valence-corrected chi connectivity index (χ1v) is 11.9. The number of aryl methyl sites for hydroxylation is 1. The highest BCUT2D eigenvalue weighted by molar-refractivity contribution is 7.92. The maximum absolute atomic E-state index is 12.6. The minimum absolute atomic E-state index is 0.102. The summed E-state index contributed by atoms with van der Waals surface area (Å²) in [6, 6.07) is 23.3. The summed E-state index contributed by atoms with van der Waals surface area (Å²) in [6.07, 6.45) is 0.815. The predicted octanol–water partition coefficient (Wildman–Crippen LogP) is 3.70. The van der Waals surface area contributed by atoms with E-state index in [0.29, 0.717) is 17.8 Å². The minimum Gasteiger partial charge on any atom is -0.350 e. The lowest BCUT2D eigenvalue weighted by Gasteiger charge is -2.24. The van der Waals surface area contributed by atoms with Crippen molar-refractivity contribution >= 4 is 21.6 Å². The van der Waals surface area contributed by atoms with Crippen molar-refractivity contribution in [2.45, 2.75) is 24.3 Å². The van der Waals surface area contributed by atoms with Crippen molar-refractivity contribution in [1.82, 2.24) is 10.2 Å². The van der Waals surface area contributed by atoms with Crippen molar-refractivity contribution in [2.24, 2.45) is 0 Å². The molecule has 0 saturated carbocycles. The third-order valence-corrected chi connectivity index (χ3v) is 6.67. The molecular weight excluding hydrogens is 422 g/mol. The summed E-state index contributed by atoms with van der Waals surface area (Å²) in [5, 5.41) is 2.96. The van der Waals surface area contributed by atoms with Crippen molar-refractivity contribution < 1.29 is 13.2 Å². The Balaban J connectivity index is 1.62. The van der Waals surface area contributed by atoms with Crippen LogP contribution in [-0.2, 0) is 16.4 Å². The lowest BCUT2D eigenvalue weighted by atomic mass is 10.1. The standard InChI is InChI=1S/C25H29N3O3S/c1-19-9-13-22(14-10-19)27-32(30,31)24-15-11-21(12-16-24)25(29)26-18-23(28(2)3)17-20-7-5-4-6-8-20/h4-16,23,27H,17-18H2,1-3H3,(H,26,29)/t23-/m0/s1. The van der Waals surface area contributed by atoms with Gasteiger partial charge in [0.1, 0.15) is 0 Å². The molecule has 0 saturated heterocycles. The highest BCUT2D eigenvalue weighted by atomic mass is 32.2. The van der Waals surface area contributed by atoms with Crippen molar-refractivity contribution in [2.75, 3.05) is 25.4 Å². The fourth-order valence-electron chi connectivity index (χ4n) is 3.26. The monoisotopic (exact) mass is 451 g/mol. The first-order valence-electron chi connectivity index (χ1n) is 10.4. The second-order valence-electron chi connectivity index (χ2n) is 8.01. The van der Waals surface area contributed by atoms with E-state index in [1.807, 2.05) is 51.4 Å². The summed E-state index contributed by atoms with van der Waals surface area (Å²) < 4.78 is 27.8. The van der Waals surface area contributed by atoms with Crippen molar-refractivity contribution in [3.63, 3.8) is 0 Å². The van der Waals surface area contributed by atoms with E-state index < -0.39 is 10.0 Å². The Morgan fingerprint density at radius 1 is 0.906 bits per heavy atom. The smallest absolute Gasteiger partial charge is 0.261 e. The molecule has 0 heterocycles. The fraction of sp³-hybridized carbons (Fsp3) is 0.240. The van der Waals surface area contributed by atoms with Gasteiger partial charge in [0.2, 0.25) is 0 Å². The van der Waals surface area contributed by atoms with Gasteiger partial charge in [-0.05, 0) is 69.4 Å². The van der Waals surface area contributed by atoms with Gasteiger partial charge in [-0.1, -0.05) is 48.0 Å². The van der Waals surface area contributed by atoms with E-state index in [-0.39, 0.29) is 16.8 Å². The zero-order valence-electron chi connectivity index (χ0n) is 18.6. The Bertz CT molecular complexity index is 1130. The molecule has 0 aliphatic heterocycles. The predicted molar refractivity (Wildman–Crippen MR) is 128 cm³/mol. The summed E-state index contributed by atoms with van der Waals surface area (Å²) in [5.41, 5.74) is 3.15. The van der Waals surface area contributed by atoms with Gasteiger partial charge in [-0.25, -0.2) is 8.42 Å². The number of nitrogens with one attached hydrogen (secondary N) is 2. The number of likely N-dealkylation sites (N-methyl/N-ethyl adjacent to an activating group) is 1. The van der Waals surface area contributed by atoms with Gasteiger partial charge >= 0.3 is 0 Å². The van der Waals surface area contributed by atoms with Crippen LogP contribution >= 0.6 is 0 Å². The van der Waals surface area contributed by atoms with Gasteiger partial charge < -0.3 is 10.2 Å². The van der Waals surface area contributed by atoms with E-state index in [2.05, 4.69) is 27.1 Å². The summed E-state index contributed by atoms with van der Waals surface area (Å²) in [5.74, 6) is -0.236. The van der Waals surface area contributed by atoms with Crippen molar-refractivity contribution in [1.29, 1.82) is 0 Å². The van der Waals surface area contributed by atoms with Crippen LogP contribution in [0.15, 0.2) is 83.8 Å². The van der Waals surface area contributed by atoms with E-state index in [1.165, 1.54) is 29.8 Å². The van der Waals surface area contributed by atoms with E-state index in [1.54, 1.807) is 12.1 Å². The molecule has 168 valence electrons. The van der Waals surface area contributed by atoms with Crippen LogP contribution in [0.25, 0.3) is 0 Å². The number of carbonyl (C=O) groups excluding carboxylic acids is 1. The SMILES string of the molecule is Cc1ccc(NS(=O)(=O)c2ccc(C(=O)NC[C@H](Cc3ccccc3)N(C)C)cc2)cc1. The summed E-state index contributed by atoms with van der Waals surface area (Å²) in [4.78, 5) is 14.8. The highest BCUT2D eigenvalue weighted by Gasteiger charge is 2.17. The van der Waals surface area contributed by atoms with Crippen LogP contribution in [0.2, 0.25) is 0 Å². The second-order valence-corrected chi connectivity index (χ2v) is 9.70. The molecule has 3 rings (SSSR count). The largest absolute Gasteiger partial charge is 0.350 e. The van der Waals surface area contributed by atoms with Crippen LogP contribution in [0, 0.1) is 6.92 Å². The molecule has 3 aromatic rings. The van der Waals surface area contributed by atoms with Crippen LogP contribution in [0.4, 0.5) is 5.69 Å². The van der Waals surface area contributed by atoms with Crippen LogP contribution in [0.3, 0.4) is 0 Å². The average molecular weight is 452 g/mol. The number of benzene rings is 3. The number of carbonyl (C=O) groups is 1. The van der Waals surface area contributed by atoms with Gasteiger partial charge in [0.15, 0.2) is 0 Å². The number of hydrogen-bond acceptors (Lipinski definition) is 4. The molecule has 3 aromatic carbocycles. The Morgan fingerprint density at radius 2 is 1.53 bits per heavy atom. The Morgan fingerprint density at radius 3 is 2.12 bits per heavy atom. The molecule has 0 aliphatic carbocycles. The zero-order valence-corrected chi connectivity index (χ0v) is 19.4. The minimum atomic E-state index is -3.73. The first-order chi connectivity index (χ1) is 15.2. The lowest BCUT2D eigenvalue weighted by molar-refractivity contribution is 0.0941. The maximum Gasteiger partial charge on any atom is 0.261 e. The number of rotatable bonds is 9. The van der Waals surface area contributed by atoms with Gasteiger partial charge in [-0.2, -0.15) is 0 Å². The molecule has 0 bridgehead atoms. The van der Waals surface area contributed by atoms with E-state index >= 15 is 0 Å². The number of hydrogen-bond donors (Lipinski definition) is 2. The molecule has 0 aromatic heterocycles. The number of anilines is 1. The molecule has 1 atom stereocenters. The molecule has 0 spiro atoms. The number of amides is 1. The molecule has 0 unspecified atom stereocenters. The third kappa shape index (κ3) is 6.42. The molecular formula is C25H29N3O3S. The van der Waals surface area contributed by atoms with E-state index in [0.717, 1.165) is 12.0 Å². The van der Waals surface area contributed by atoms with Crippen LogP contribution < -0.4 is 10.0 Å². The number of sulfonamides is 1. The second kappa shape index (κ2) is 10.4. The van der Waals surface area contributed by atoms with Gasteiger partial charge in [-0.3, -0.25) is 9.52 Å². The molecule has 0 aliphatic rings. The van der Waals surface area contributed by atoms with Gasteiger partial charge in [0, 0.05) is 23.8 Å². The third-order valence-electron chi connectivity index (χ3n) is 5.27. The van der Waals surface area contributed by atoms with Gasteiger partial charge in [0.05, 0.1) is 4.90 Å². The Labute approximate surface area is 190 Å². The van der Waals surface area contributed by atoms with Crippen LogP contribution in [0.1, 0.15) is 21.5 Å². The Kier molecular flexibility index (Phi) is 7.66. The summed E-state index contributed by atoms with van der Waals surface area (Å²) >= 11 is 0. The van der Waals surface area contributed by atoms with Gasteiger partial charge in [-0.15, -0.1) is 0 Å². The summed E-state index contributed by atoms with van der Waals surface area (Å²) in [7, 11) is 0.245. The Hall–Kier alpha value is -3.16. The highest BCUT2D eigenvalue weighted by Crippen LogP contribution is 2.17. The zero-order chi connectivity index (χ0) is 23.1. The van der Waals surface area contributed by atoms with E-state index in [4.69, 9.17) is 0 Å². The van der Waals surface area contributed by atoms with E-state index in [9.17, 15) is 13.2 Å². The normalized spacial score (nSPS) is 12.4. The summed E-state index contributed by atoms with van der Waals surface area (Å²) in [6.45, 7) is 2.42. The molecule has 0 fully saturated rings. The van der Waals surface area contributed by atoms with Crippen LogP contribution in [-0.4, -0.2) is 45.9 Å². The fourth-order valence-corrected chi connectivity index (χ4v) is 4.32. The molecule has 0 radical (unpaired) electrons. The average Bonchev–Trinajstić information content (AvgIpc) is 2.78. The van der Waals surface area contributed by atoms with Crippen molar-refractivity contribution in [3.05, 3.63) is 95.6 Å². The number of nitrogens with zero attached hydrogens (tertiary/aromatic N) is 1.